The Hall–Kier alpha value is -3.15. The van der Waals surface area contributed by atoms with E-state index in [1.165, 1.54) is 36.4 Å². The number of carbonyl (C=O) groups excluding carboxylic acids is 1. The highest BCUT2D eigenvalue weighted by atomic mass is 19.1. The van der Waals surface area contributed by atoms with E-state index in [-0.39, 0.29) is 36.5 Å². The van der Waals surface area contributed by atoms with Crippen molar-refractivity contribution in [1.29, 1.82) is 0 Å². The molecule has 25 heavy (non-hydrogen) atoms. The van der Waals surface area contributed by atoms with Crippen LogP contribution in [0.2, 0.25) is 0 Å². The largest absolute Gasteiger partial charge is 0.486 e. The first-order valence-electron chi connectivity index (χ1n) is 7.60. The summed E-state index contributed by atoms with van der Waals surface area (Å²) < 4.78 is 36.5. The maximum atomic E-state index is 12.8. The predicted octanol–water partition coefficient (Wildman–Crippen LogP) is 4.07. The van der Waals surface area contributed by atoms with Gasteiger partial charge in [0.25, 0.3) is 5.91 Å². The van der Waals surface area contributed by atoms with Gasteiger partial charge in [0.05, 0.1) is 0 Å². The van der Waals surface area contributed by atoms with Crippen molar-refractivity contribution >= 4 is 5.91 Å². The zero-order valence-electron chi connectivity index (χ0n) is 13.2. The van der Waals surface area contributed by atoms with Gasteiger partial charge in [-0.25, -0.2) is 8.78 Å². The molecule has 0 saturated heterocycles. The first kappa shape index (κ1) is 16.7. The average Bonchev–Trinajstić information content (AvgIpc) is 3.10. The molecule has 0 radical (unpaired) electrons. The normalized spacial score (nSPS) is 10.5. The second kappa shape index (κ2) is 7.61. The molecule has 1 amide bonds. The number of hydrogen-bond acceptors (Lipinski definition) is 3. The summed E-state index contributed by atoms with van der Waals surface area (Å²) in [4.78, 5) is 12.0. The van der Waals surface area contributed by atoms with Gasteiger partial charge in [0.1, 0.15) is 29.8 Å². The summed E-state index contributed by atoms with van der Waals surface area (Å²) in [5.74, 6) is 0.0749. The summed E-state index contributed by atoms with van der Waals surface area (Å²) in [7, 11) is 0. The molecule has 0 aliphatic heterocycles. The van der Waals surface area contributed by atoms with E-state index >= 15 is 0 Å². The van der Waals surface area contributed by atoms with E-state index in [1.807, 2.05) is 0 Å². The third-order valence-electron chi connectivity index (χ3n) is 3.45. The lowest BCUT2D eigenvalue weighted by Crippen LogP contribution is -2.22. The first-order valence-corrected chi connectivity index (χ1v) is 7.60. The number of hydrogen-bond donors (Lipinski definition) is 1. The van der Waals surface area contributed by atoms with Crippen LogP contribution >= 0.6 is 0 Å². The Balaban J connectivity index is 1.52. The van der Waals surface area contributed by atoms with Crippen LogP contribution in [0.1, 0.15) is 21.9 Å². The molecule has 3 aromatic rings. The molecule has 1 N–H and O–H groups in total. The highest BCUT2D eigenvalue weighted by Crippen LogP contribution is 2.15. The summed E-state index contributed by atoms with van der Waals surface area (Å²) in [6.07, 6.45) is 0. The number of rotatable bonds is 6. The van der Waals surface area contributed by atoms with Crippen molar-refractivity contribution in [3.8, 4) is 5.75 Å². The lowest BCUT2D eigenvalue weighted by Gasteiger charge is -2.04. The van der Waals surface area contributed by atoms with Crippen LogP contribution in [-0.2, 0) is 13.2 Å². The Morgan fingerprint density at radius 3 is 2.24 bits per heavy atom. The molecule has 0 bridgehead atoms. The van der Waals surface area contributed by atoms with E-state index in [2.05, 4.69) is 5.32 Å². The van der Waals surface area contributed by atoms with Crippen molar-refractivity contribution in [3.63, 3.8) is 0 Å². The average molecular weight is 343 g/mol. The second-order valence-corrected chi connectivity index (χ2v) is 5.32. The van der Waals surface area contributed by atoms with Crippen LogP contribution < -0.4 is 10.1 Å². The zero-order valence-corrected chi connectivity index (χ0v) is 13.2. The molecule has 0 unspecified atom stereocenters. The molecule has 4 nitrogen and oxygen atoms in total. The molecule has 0 aliphatic rings. The molecule has 6 heteroatoms. The fourth-order valence-corrected chi connectivity index (χ4v) is 2.13. The van der Waals surface area contributed by atoms with E-state index in [0.29, 0.717) is 11.5 Å². The predicted molar refractivity (Wildman–Crippen MR) is 87.0 cm³/mol. The molecular formula is C19H15F2NO3. The van der Waals surface area contributed by atoms with Crippen molar-refractivity contribution in [2.45, 2.75) is 13.2 Å². The Bertz CT molecular complexity index is 842. The summed E-state index contributed by atoms with van der Waals surface area (Å²) in [6.45, 7) is 0.387. The van der Waals surface area contributed by atoms with E-state index in [1.54, 1.807) is 24.3 Å². The first-order chi connectivity index (χ1) is 12.1. The van der Waals surface area contributed by atoms with Crippen LogP contribution in [0, 0.1) is 11.6 Å². The number of amides is 1. The SMILES string of the molecule is O=C(NCc1ccc(F)cc1)c1ccc(COc2ccc(F)cc2)o1. The van der Waals surface area contributed by atoms with Crippen molar-refractivity contribution < 1.29 is 22.7 Å². The fraction of sp³-hybridized carbons (Fsp3) is 0.105. The van der Waals surface area contributed by atoms with Crippen LogP contribution in [0.15, 0.2) is 65.1 Å². The summed E-state index contributed by atoms with van der Waals surface area (Å²) in [6, 6.07) is 14.7. The van der Waals surface area contributed by atoms with Crippen LogP contribution in [0.25, 0.3) is 0 Å². The second-order valence-electron chi connectivity index (χ2n) is 5.32. The summed E-state index contributed by atoms with van der Waals surface area (Å²) in [5, 5.41) is 2.69. The number of carbonyl (C=O) groups is 1. The van der Waals surface area contributed by atoms with Gasteiger partial charge in [0, 0.05) is 6.54 Å². The van der Waals surface area contributed by atoms with E-state index < -0.39 is 0 Å². The molecule has 0 atom stereocenters. The van der Waals surface area contributed by atoms with Crippen LogP contribution in [0.3, 0.4) is 0 Å². The molecular weight excluding hydrogens is 328 g/mol. The number of furan rings is 1. The van der Waals surface area contributed by atoms with Gasteiger partial charge in [0.15, 0.2) is 5.76 Å². The van der Waals surface area contributed by atoms with Crippen LogP contribution in [-0.4, -0.2) is 5.91 Å². The van der Waals surface area contributed by atoms with Gasteiger partial charge in [-0.05, 0) is 54.1 Å². The smallest absolute Gasteiger partial charge is 0.287 e. The molecule has 0 saturated carbocycles. The van der Waals surface area contributed by atoms with Gasteiger partial charge in [-0.15, -0.1) is 0 Å². The topological polar surface area (TPSA) is 51.5 Å². The maximum Gasteiger partial charge on any atom is 0.287 e. The highest BCUT2D eigenvalue weighted by molar-refractivity contribution is 5.91. The fourth-order valence-electron chi connectivity index (χ4n) is 2.13. The van der Waals surface area contributed by atoms with E-state index in [0.717, 1.165) is 5.56 Å². The highest BCUT2D eigenvalue weighted by Gasteiger charge is 2.11. The molecule has 0 fully saturated rings. The minimum Gasteiger partial charge on any atom is -0.486 e. The number of ether oxygens (including phenoxy) is 1. The number of benzene rings is 2. The van der Waals surface area contributed by atoms with Crippen LogP contribution in [0.4, 0.5) is 8.78 Å². The lowest BCUT2D eigenvalue weighted by molar-refractivity contribution is 0.0919. The third-order valence-corrected chi connectivity index (χ3v) is 3.45. The van der Waals surface area contributed by atoms with E-state index in [9.17, 15) is 13.6 Å². The summed E-state index contributed by atoms with van der Waals surface area (Å²) >= 11 is 0. The monoisotopic (exact) mass is 343 g/mol. The van der Waals surface area contributed by atoms with Crippen LogP contribution in [0.5, 0.6) is 5.75 Å². The Kier molecular flexibility index (Phi) is 5.09. The molecule has 2 aromatic carbocycles. The lowest BCUT2D eigenvalue weighted by atomic mass is 10.2. The van der Waals surface area contributed by atoms with Crippen molar-refractivity contribution in [2.75, 3.05) is 0 Å². The van der Waals surface area contributed by atoms with Gasteiger partial charge in [0.2, 0.25) is 0 Å². The molecule has 128 valence electrons. The van der Waals surface area contributed by atoms with E-state index in [4.69, 9.17) is 9.15 Å². The molecule has 3 rings (SSSR count). The quantitative estimate of drug-likeness (QED) is 0.734. The van der Waals surface area contributed by atoms with Gasteiger partial charge in [-0.3, -0.25) is 4.79 Å². The summed E-state index contributed by atoms with van der Waals surface area (Å²) in [5.41, 5.74) is 0.779. The van der Waals surface area contributed by atoms with Crippen molar-refractivity contribution in [3.05, 3.63) is 89.4 Å². The molecule has 0 aliphatic carbocycles. The number of halogens is 2. The Labute approximate surface area is 143 Å². The third kappa shape index (κ3) is 4.67. The van der Waals surface area contributed by atoms with Gasteiger partial charge in [-0.1, -0.05) is 12.1 Å². The zero-order chi connectivity index (χ0) is 17.6. The van der Waals surface area contributed by atoms with Crippen molar-refractivity contribution in [1.82, 2.24) is 5.32 Å². The molecule has 1 heterocycles. The van der Waals surface area contributed by atoms with Gasteiger partial charge >= 0.3 is 0 Å². The Morgan fingerprint density at radius 2 is 1.56 bits per heavy atom. The standard InChI is InChI=1S/C19H15F2NO3/c20-14-3-1-13(2-4-14)11-22-19(23)18-10-9-17(25-18)12-24-16-7-5-15(21)6-8-16/h1-10H,11-12H2,(H,22,23). The minimum absolute atomic E-state index is 0.122. The number of nitrogens with one attached hydrogen (secondary N) is 1. The minimum atomic E-state index is -0.377. The molecule has 1 aromatic heterocycles. The maximum absolute atomic E-state index is 12.8. The molecule has 0 spiro atoms. The Morgan fingerprint density at radius 1 is 0.920 bits per heavy atom. The van der Waals surface area contributed by atoms with Gasteiger partial charge < -0.3 is 14.5 Å². The van der Waals surface area contributed by atoms with Gasteiger partial charge in [-0.2, -0.15) is 0 Å². The van der Waals surface area contributed by atoms with Crippen molar-refractivity contribution in [2.24, 2.45) is 0 Å².